The molecule has 0 spiro atoms. The highest BCUT2D eigenvalue weighted by molar-refractivity contribution is 6.04. The molecule has 0 unspecified atom stereocenters. The first-order valence-electron chi connectivity index (χ1n) is 7.16. The number of likely N-dealkylation sites (N-methyl/N-ethyl adjacent to an activating group) is 1. The van der Waals surface area contributed by atoms with Gasteiger partial charge in [0.05, 0.1) is 0 Å². The normalized spacial score (nSPS) is 10.0. The van der Waals surface area contributed by atoms with Gasteiger partial charge in [0.25, 0.3) is 11.8 Å². The van der Waals surface area contributed by atoms with Gasteiger partial charge in [0, 0.05) is 23.9 Å². The van der Waals surface area contributed by atoms with Crippen LogP contribution in [0.4, 0.5) is 5.69 Å². The van der Waals surface area contributed by atoms with Crippen LogP contribution in [0.25, 0.3) is 0 Å². The Balaban J connectivity index is 1.88. The van der Waals surface area contributed by atoms with Crippen molar-refractivity contribution in [2.24, 2.45) is 0 Å². The van der Waals surface area contributed by atoms with Crippen LogP contribution in [0.3, 0.4) is 0 Å². The van der Waals surface area contributed by atoms with E-state index >= 15 is 0 Å². The third kappa shape index (κ3) is 4.71. The lowest BCUT2D eigenvalue weighted by molar-refractivity contribution is -0.660. The summed E-state index contributed by atoms with van der Waals surface area (Å²) in [6.07, 6.45) is 0. The molecule has 4 N–H and O–H groups in total. The van der Waals surface area contributed by atoms with Crippen LogP contribution in [0.1, 0.15) is 15.9 Å². The molecule has 0 aliphatic rings. The van der Waals surface area contributed by atoms with Crippen LogP contribution in [-0.2, 0) is 11.3 Å². The van der Waals surface area contributed by atoms with E-state index in [0.717, 1.165) is 11.3 Å². The van der Waals surface area contributed by atoms with Crippen LogP contribution in [0.15, 0.2) is 54.6 Å². The van der Waals surface area contributed by atoms with Crippen molar-refractivity contribution in [2.75, 3.05) is 18.9 Å². The number of benzene rings is 2. The van der Waals surface area contributed by atoms with Crippen LogP contribution in [-0.4, -0.2) is 25.4 Å². The number of anilines is 1. The molecule has 0 aliphatic carbocycles. The first-order chi connectivity index (χ1) is 10.7. The number of carbonyl (C=O) groups excluding carboxylic acids is 2. The maximum atomic E-state index is 12.1. The van der Waals surface area contributed by atoms with Crippen LogP contribution in [0.5, 0.6) is 0 Å². The Morgan fingerprint density at radius 2 is 1.68 bits per heavy atom. The van der Waals surface area contributed by atoms with E-state index in [-0.39, 0.29) is 11.8 Å². The second-order valence-corrected chi connectivity index (χ2v) is 4.89. The zero-order valence-corrected chi connectivity index (χ0v) is 12.5. The van der Waals surface area contributed by atoms with Crippen molar-refractivity contribution in [3.63, 3.8) is 0 Å². The maximum absolute atomic E-state index is 12.1. The van der Waals surface area contributed by atoms with Gasteiger partial charge in [-0.1, -0.05) is 30.3 Å². The first kappa shape index (κ1) is 15.7. The molecule has 2 amide bonds. The molecule has 0 heterocycles. The minimum Gasteiger partial charge on any atom is -0.354 e. The van der Waals surface area contributed by atoms with Crippen molar-refractivity contribution in [1.82, 2.24) is 5.32 Å². The van der Waals surface area contributed by atoms with Gasteiger partial charge in [-0.3, -0.25) is 9.59 Å². The lowest BCUT2D eigenvalue weighted by atomic mass is 10.1. The van der Waals surface area contributed by atoms with Gasteiger partial charge in [0.15, 0.2) is 6.54 Å². The van der Waals surface area contributed by atoms with E-state index in [4.69, 9.17) is 0 Å². The number of hydrogen-bond acceptors (Lipinski definition) is 2. The van der Waals surface area contributed by atoms with Gasteiger partial charge in [0.2, 0.25) is 0 Å². The van der Waals surface area contributed by atoms with Gasteiger partial charge in [-0.2, -0.15) is 0 Å². The number of carbonyl (C=O) groups is 2. The number of rotatable bonds is 6. The Bertz CT molecular complexity index is 624. The summed E-state index contributed by atoms with van der Waals surface area (Å²) in [5.74, 6) is -0.133. The summed E-state index contributed by atoms with van der Waals surface area (Å²) in [4.78, 5) is 23.2. The van der Waals surface area contributed by atoms with Crippen molar-refractivity contribution in [1.29, 1.82) is 0 Å². The van der Waals surface area contributed by atoms with E-state index in [0.29, 0.717) is 18.7 Å². The molecule has 0 atom stereocenters. The first-order valence-corrected chi connectivity index (χ1v) is 7.16. The topological polar surface area (TPSA) is 74.8 Å². The fourth-order valence-electron chi connectivity index (χ4n) is 1.99. The second-order valence-electron chi connectivity index (χ2n) is 4.89. The summed E-state index contributed by atoms with van der Waals surface area (Å²) in [5, 5.41) is 7.33. The summed E-state index contributed by atoms with van der Waals surface area (Å²) in [5.41, 5.74) is 2.45. The molecule has 2 aromatic carbocycles. The fourth-order valence-corrected chi connectivity index (χ4v) is 1.99. The molecule has 0 bridgehead atoms. The zero-order valence-electron chi connectivity index (χ0n) is 12.5. The molecule has 2 rings (SSSR count). The third-order valence-corrected chi connectivity index (χ3v) is 3.24. The fraction of sp³-hybridized carbons (Fsp3) is 0.176. The minimum atomic E-state index is -0.132. The molecular formula is C17H20N3O2+. The molecule has 0 fully saturated rings. The number of hydrogen-bond donors (Lipinski definition) is 3. The molecule has 0 aliphatic heterocycles. The molecule has 5 nitrogen and oxygen atoms in total. The van der Waals surface area contributed by atoms with Gasteiger partial charge in [-0.15, -0.1) is 0 Å². The largest absolute Gasteiger partial charge is 0.354 e. The highest BCUT2D eigenvalue weighted by Gasteiger charge is 2.06. The Kier molecular flexibility index (Phi) is 5.68. The van der Waals surface area contributed by atoms with Gasteiger partial charge in [-0.25, -0.2) is 0 Å². The standard InChI is InChI=1S/C17H19N3O2/c1-18-16(21)12-19-11-13-7-9-14(10-8-13)17(22)20-15-5-3-2-4-6-15/h2-10,19H,11-12H2,1H3,(H,18,21)(H,20,22)/p+1. The van der Waals surface area contributed by atoms with Crippen molar-refractivity contribution >= 4 is 17.5 Å². The molecule has 114 valence electrons. The molecule has 5 heteroatoms. The molecule has 0 saturated carbocycles. The summed E-state index contributed by atoms with van der Waals surface area (Å²) in [6, 6.07) is 16.7. The number of amides is 2. The Labute approximate surface area is 129 Å². The van der Waals surface area contributed by atoms with E-state index in [9.17, 15) is 9.59 Å². The van der Waals surface area contributed by atoms with E-state index in [1.807, 2.05) is 47.8 Å². The van der Waals surface area contributed by atoms with Gasteiger partial charge in [0.1, 0.15) is 6.54 Å². The quantitative estimate of drug-likeness (QED) is 0.736. The van der Waals surface area contributed by atoms with Gasteiger partial charge < -0.3 is 16.0 Å². The second kappa shape index (κ2) is 7.95. The summed E-state index contributed by atoms with van der Waals surface area (Å²) in [7, 11) is 1.62. The zero-order chi connectivity index (χ0) is 15.8. The predicted molar refractivity (Wildman–Crippen MR) is 85.4 cm³/mol. The SMILES string of the molecule is CNC(=O)C[NH2+]Cc1ccc(C(=O)Nc2ccccc2)cc1. The van der Waals surface area contributed by atoms with Crippen LogP contribution in [0, 0.1) is 0 Å². The monoisotopic (exact) mass is 298 g/mol. The van der Waals surface area contributed by atoms with E-state index in [2.05, 4.69) is 10.6 Å². The Morgan fingerprint density at radius 1 is 1.00 bits per heavy atom. The number of nitrogens with two attached hydrogens (primary N) is 1. The summed E-state index contributed by atoms with van der Waals surface area (Å²) < 4.78 is 0. The summed E-state index contributed by atoms with van der Waals surface area (Å²) >= 11 is 0. The lowest BCUT2D eigenvalue weighted by Gasteiger charge is -2.06. The van der Waals surface area contributed by atoms with Crippen molar-refractivity contribution in [3.8, 4) is 0 Å². The molecule has 0 radical (unpaired) electrons. The minimum absolute atomic E-state index is 0.00106. The van der Waals surface area contributed by atoms with Crippen molar-refractivity contribution in [3.05, 3.63) is 65.7 Å². The van der Waals surface area contributed by atoms with Gasteiger partial charge >= 0.3 is 0 Å². The summed E-state index contributed by atoms with van der Waals surface area (Å²) in [6.45, 7) is 1.10. The number of quaternary nitrogens is 1. The third-order valence-electron chi connectivity index (χ3n) is 3.24. The van der Waals surface area contributed by atoms with Gasteiger partial charge in [-0.05, 0) is 24.3 Å². The Hall–Kier alpha value is -2.66. The van der Waals surface area contributed by atoms with E-state index in [1.54, 1.807) is 19.2 Å². The highest BCUT2D eigenvalue weighted by Crippen LogP contribution is 2.09. The molecule has 22 heavy (non-hydrogen) atoms. The smallest absolute Gasteiger partial charge is 0.274 e. The molecule has 0 saturated heterocycles. The van der Waals surface area contributed by atoms with Crippen molar-refractivity contribution < 1.29 is 14.9 Å². The number of nitrogens with one attached hydrogen (secondary N) is 2. The van der Waals surface area contributed by atoms with Crippen molar-refractivity contribution in [2.45, 2.75) is 6.54 Å². The maximum Gasteiger partial charge on any atom is 0.274 e. The van der Waals surface area contributed by atoms with E-state index in [1.165, 1.54) is 0 Å². The van der Waals surface area contributed by atoms with Crippen LogP contribution >= 0.6 is 0 Å². The Morgan fingerprint density at radius 3 is 2.32 bits per heavy atom. The van der Waals surface area contributed by atoms with Crippen LogP contribution < -0.4 is 16.0 Å². The van der Waals surface area contributed by atoms with E-state index < -0.39 is 0 Å². The molecule has 2 aromatic rings. The van der Waals surface area contributed by atoms with Crippen LogP contribution in [0.2, 0.25) is 0 Å². The molecule has 0 aromatic heterocycles. The average Bonchev–Trinajstić information content (AvgIpc) is 2.56. The predicted octanol–water partition coefficient (Wildman–Crippen LogP) is 0.748. The highest BCUT2D eigenvalue weighted by atomic mass is 16.2. The average molecular weight is 298 g/mol. The molecular weight excluding hydrogens is 278 g/mol. The lowest BCUT2D eigenvalue weighted by Crippen LogP contribution is -2.85. The number of para-hydroxylation sites is 1.